The van der Waals surface area contributed by atoms with Crippen molar-refractivity contribution in [1.29, 1.82) is 0 Å². The van der Waals surface area contributed by atoms with Crippen LogP contribution >= 0.6 is 23.8 Å². The van der Waals surface area contributed by atoms with Crippen LogP contribution in [0, 0.1) is 18.6 Å². The first kappa shape index (κ1) is 18.2. The first-order valence-corrected chi connectivity index (χ1v) is 8.72. The molecule has 0 fully saturated rings. The summed E-state index contributed by atoms with van der Waals surface area (Å²) in [5.74, 6) is 0.0946. The van der Waals surface area contributed by atoms with Crippen molar-refractivity contribution >= 4 is 41.2 Å². The zero-order chi connectivity index (χ0) is 18.8. The third kappa shape index (κ3) is 3.79. The number of nitrogens with two attached hydrogens (primary N) is 1. The molecule has 0 aliphatic heterocycles. The van der Waals surface area contributed by atoms with Crippen molar-refractivity contribution < 1.29 is 4.79 Å². The zero-order valence-electron chi connectivity index (χ0n) is 14.4. The molecule has 8 heteroatoms. The summed E-state index contributed by atoms with van der Waals surface area (Å²) in [5, 5.41) is 4.81. The van der Waals surface area contributed by atoms with E-state index < -0.39 is 0 Å². The molecule has 0 saturated heterocycles. The van der Waals surface area contributed by atoms with E-state index in [-0.39, 0.29) is 18.3 Å². The van der Waals surface area contributed by atoms with Crippen LogP contribution in [0.15, 0.2) is 42.5 Å². The number of hydrogen-bond acceptors (Lipinski definition) is 5. The molecule has 3 rings (SSSR count). The Morgan fingerprint density at radius 1 is 1.23 bits per heavy atom. The maximum absolute atomic E-state index is 12.7. The van der Waals surface area contributed by atoms with E-state index in [2.05, 4.69) is 10.5 Å². The van der Waals surface area contributed by atoms with Crippen molar-refractivity contribution in [3.05, 3.63) is 68.9 Å². The number of hydrogen-bond donors (Lipinski definition) is 2. The molecule has 0 aliphatic rings. The minimum absolute atomic E-state index is 0.0165. The summed E-state index contributed by atoms with van der Waals surface area (Å²) in [6.07, 6.45) is 0. The molecule has 26 heavy (non-hydrogen) atoms. The summed E-state index contributed by atoms with van der Waals surface area (Å²) in [6, 6.07) is 12.9. The number of Topliss-reactive ketones (excluding diaryl/α,β-unsaturated/α-hetero) is 1. The molecule has 0 radical (unpaired) electrons. The standard InChI is InChI=1S/C18H18ClN5OS/c1-11-3-4-12(2)15(9-11)16(25)10-23-18(26)24(17(20)22-23)21-14-7-5-13(19)6-8-14/h3-9,21H,10H2,1-2H3,(H2,20,22). The third-order valence-electron chi connectivity index (χ3n) is 3.94. The lowest BCUT2D eigenvalue weighted by atomic mass is 10.0. The SMILES string of the molecule is Cc1ccc(C)c(C(=O)Cn2nc(N)n(Nc3ccc(Cl)cc3)c2=S)c1. The highest BCUT2D eigenvalue weighted by Gasteiger charge is 2.14. The summed E-state index contributed by atoms with van der Waals surface area (Å²) in [4.78, 5) is 12.7. The van der Waals surface area contributed by atoms with Crippen molar-refractivity contribution in [1.82, 2.24) is 14.5 Å². The molecule has 2 aromatic carbocycles. The van der Waals surface area contributed by atoms with E-state index >= 15 is 0 Å². The number of ketones is 1. The number of benzene rings is 2. The molecule has 6 nitrogen and oxygen atoms in total. The summed E-state index contributed by atoms with van der Waals surface area (Å²) in [6.45, 7) is 3.87. The molecular formula is C18H18ClN5OS. The first-order chi connectivity index (χ1) is 12.3. The summed E-state index contributed by atoms with van der Waals surface area (Å²) >= 11 is 11.3. The number of anilines is 2. The number of nitrogens with one attached hydrogen (secondary N) is 1. The molecule has 0 saturated carbocycles. The average Bonchev–Trinajstić information content (AvgIpc) is 2.86. The predicted molar refractivity (Wildman–Crippen MR) is 106 cm³/mol. The highest BCUT2D eigenvalue weighted by molar-refractivity contribution is 7.71. The van der Waals surface area contributed by atoms with Gasteiger partial charge in [0, 0.05) is 10.6 Å². The van der Waals surface area contributed by atoms with Gasteiger partial charge in [0.25, 0.3) is 0 Å². The molecular weight excluding hydrogens is 370 g/mol. The van der Waals surface area contributed by atoms with Gasteiger partial charge in [-0.3, -0.25) is 10.2 Å². The number of carbonyl (C=O) groups is 1. The molecule has 3 aromatic rings. The highest BCUT2D eigenvalue weighted by Crippen LogP contribution is 2.16. The quantitative estimate of drug-likeness (QED) is 0.510. The first-order valence-electron chi connectivity index (χ1n) is 7.93. The minimum atomic E-state index is -0.0709. The van der Waals surface area contributed by atoms with Gasteiger partial charge in [0.05, 0.1) is 5.69 Å². The van der Waals surface area contributed by atoms with Gasteiger partial charge in [-0.2, -0.15) is 4.68 Å². The summed E-state index contributed by atoms with van der Waals surface area (Å²) in [7, 11) is 0. The van der Waals surface area contributed by atoms with Crippen LogP contribution in [0.1, 0.15) is 21.5 Å². The van der Waals surface area contributed by atoms with Gasteiger partial charge in [0.1, 0.15) is 6.54 Å². The third-order valence-corrected chi connectivity index (χ3v) is 4.58. The van der Waals surface area contributed by atoms with Gasteiger partial charge in [0.15, 0.2) is 5.78 Å². The number of carbonyl (C=O) groups excluding carboxylic acids is 1. The predicted octanol–water partition coefficient (Wildman–Crippen LogP) is 4.02. The summed E-state index contributed by atoms with van der Waals surface area (Å²) in [5.41, 5.74) is 12.4. The van der Waals surface area contributed by atoms with E-state index in [1.54, 1.807) is 24.3 Å². The van der Waals surface area contributed by atoms with Crippen LogP contribution in [-0.4, -0.2) is 20.2 Å². The Hall–Kier alpha value is -2.64. The second-order valence-electron chi connectivity index (χ2n) is 5.99. The molecule has 134 valence electrons. The van der Waals surface area contributed by atoms with Crippen molar-refractivity contribution in [2.24, 2.45) is 0 Å². The maximum Gasteiger partial charge on any atom is 0.240 e. The normalized spacial score (nSPS) is 10.7. The lowest BCUT2D eigenvalue weighted by molar-refractivity contribution is 0.0966. The fraction of sp³-hybridized carbons (Fsp3) is 0.167. The van der Waals surface area contributed by atoms with Crippen LogP contribution in [-0.2, 0) is 6.54 Å². The fourth-order valence-corrected chi connectivity index (χ4v) is 2.91. The van der Waals surface area contributed by atoms with Crippen LogP contribution in [0.4, 0.5) is 11.6 Å². The van der Waals surface area contributed by atoms with Gasteiger partial charge in [0.2, 0.25) is 10.7 Å². The van der Waals surface area contributed by atoms with E-state index in [0.717, 1.165) is 16.8 Å². The Bertz CT molecular complexity index is 1020. The Labute approximate surface area is 161 Å². The summed E-state index contributed by atoms with van der Waals surface area (Å²) < 4.78 is 3.17. The van der Waals surface area contributed by atoms with Gasteiger partial charge in [-0.15, -0.1) is 5.10 Å². The van der Waals surface area contributed by atoms with Crippen molar-refractivity contribution in [2.75, 3.05) is 11.2 Å². The number of rotatable bonds is 5. The van der Waals surface area contributed by atoms with Crippen LogP contribution < -0.4 is 11.2 Å². The number of nitrogens with zero attached hydrogens (tertiary/aromatic N) is 3. The maximum atomic E-state index is 12.7. The topological polar surface area (TPSA) is 77.9 Å². The Morgan fingerprint density at radius 2 is 1.92 bits per heavy atom. The molecule has 0 amide bonds. The molecule has 0 aliphatic carbocycles. The van der Waals surface area contributed by atoms with E-state index in [9.17, 15) is 4.79 Å². The van der Waals surface area contributed by atoms with E-state index in [0.29, 0.717) is 15.4 Å². The molecule has 0 bridgehead atoms. The van der Waals surface area contributed by atoms with Gasteiger partial charge in [-0.1, -0.05) is 29.3 Å². The molecule has 1 heterocycles. The van der Waals surface area contributed by atoms with E-state index in [4.69, 9.17) is 29.6 Å². The Kier molecular flexibility index (Phi) is 5.11. The molecule has 0 unspecified atom stereocenters. The fourth-order valence-electron chi connectivity index (χ4n) is 2.54. The highest BCUT2D eigenvalue weighted by atomic mass is 35.5. The van der Waals surface area contributed by atoms with E-state index in [1.165, 1.54) is 9.36 Å². The van der Waals surface area contributed by atoms with Crippen LogP contribution in [0.3, 0.4) is 0 Å². The number of nitrogen functional groups attached to an aromatic ring is 1. The Balaban J connectivity index is 1.86. The number of aromatic nitrogens is 3. The average molecular weight is 388 g/mol. The largest absolute Gasteiger partial charge is 0.366 e. The molecule has 3 N–H and O–H groups in total. The Morgan fingerprint density at radius 3 is 2.62 bits per heavy atom. The van der Waals surface area contributed by atoms with Crippen molar-refractivity contribution in [2.45, 2.75) is 20.4 Å². The number of halogens is 1. The van der Waals surface area contributed by atoms with Gasteiger partial charge >= 0.3 is 0 Å². The van der Waals surface area contributed by atoms with Crippen LogP contribution in [0.5, 0.6) is 0 Å². The molecule has 0 atom stereocenters. The van der Waals surface area contributed by atoms with Gasteiger partial charge < -0.3 is 5.73 Å². The van der Waals surface area contributed by atoms with Crippen LogP contribution in [0.2, 0.25) is 5.02 Å². The van der Waals surface area contributed by atoms with Crippen molar-refractivity contribution in [3.63, 3.8) is 0 Å². The van der Waals surface area contributed by atoms with Gasteiger partial charge in [-0.25, -0.2) is 4.68 Å². The minimum Gasteiger partial charge on any atom is -0.366 e. The second-order valence-corrected chi connectivity index (χ2v) is 6.80. The van der Waals surface area contributed by atoms with E-state index in [1.807, 2.05) is 32.0 Å². The van der Waals surface area contributed by atoms with Crippen molar-refractivity contribution in [3.8, 4) is 0 Å². The van der Waals surface area contributed by atoms with Crippen LogP contribution in [0.25, 0.3) is 0 Å². The molecule has 0 spiro atoms. The smallest absolute Gasteiger partial charge is 0.240 e. The lowest BCUT2D eigenvalue weighted by Gasteiger charge is -2.08. The monoisotopic (exact) mass is 387 g/mol. The molecule has 1 aromatic heterocycles. The lowest BCUT2D eigenvalue weighted by Crippen LogP contribution is -2.15. The number of aryl methyl sites for hydroxylation is 2. The van der Waals surface area contributed by atoms with Gasteiger partial charge in [-0.05, 0) is 62.0 Å². The zero-order valence-corrected chi connectivity index (χ0v) is 15.9. The second kappa shape index (κ2) is 7.31.